The van der Waals surface area contributed by atoms with E-state index in [0.717, 1.165) is 30.2 Å². The number of carboxylic acids is 1. The third kappa shape index (κ3) is 4.17. The lowest BCUT2D eigenvalue weighted by Crippen LogP contribution is -2.39. The SMILES string of the molecule is COc1cccc(Nc2cc(N3CCC[C@H](C(=O)O)C3)nc(C)n2)c1. The second kappa shape index (κ2) is 7.38. The van der Waals surface area contributed by atoms with E-state index in [1.165, 1.54) is 0 Å². The maximum absolute atomic E-state index is 11.3. The summed E-state index contributed by atoms with van der Waals surface area (Å²) in [7, 11) is 1.63. The van der Waals surface area contributed by atoms with Crippen LogP contribution in [0.25, 0.3) is 0 Å². The molecule has 0 saturated carbocycles. The van der Waals surface area contributed by atoms with Crippen molar-refractivity contribution < 1.29 is 14.6 Å². The van der Waals surface area contributed by atoms with E-state index in [1.807, 2.05) is 42.2 Å². The quantitative estimate of drug-likeness (QED) is 0.864. The highest BCUT2D eigenvalue weighted by Crippen LogP contribution is 2.26. The van der Waals surface area contributed by atoms with E-state index in [9.17, 15) is 9.90 Å². The number of nitrogens with zero attached hydrogens (tertiary/aromatic N) is 3. The van der Waals surface area contributed by atoms with Crippen molar-refractivity contribution in [3.63, 3.8) is 0 Å². The van der Waals surface area contributed by atoms with E-state index in [0.29, 0.717) is 24.6 Å². The van der Waals surface area contributed by atoms with Crippen LogP contribution >= 0.6 is 0 Å². The third-order valence-electron chi connectivity index (χ3n) is 4.26. The van der Waals surface area contributed by atoms with Crippen LogP contribution in [0.4, 0.5) is 17.3 Å². The van der Waals surface area contributed by atoms with Crippen molar-refractivity contribution in [3.05, 3.63) is 36.2 Å². The van der Waals surface area contributed by atoms with Gasteiger partial charge in [-0.3, -0.25) is 4.79 Å². The minimum atomic E-state index is -0.745. The summed E-state index contributed by atoms with van der Waals surface area (Å²) in [4.78, 5) is 22.2. The molecule has 2 aromatic rings. The van der Waals surface area contributed by atoms with Crippen LogP contribution in [0, 0.1) is 12.8 Å². The van der Waals surface area contributed by atoms with Gasteiger partial charge >= 0.3 is 5.97 Å². The number of hydrogen-bond acceptors (Lipinski definition) is 6. The normalized spacial score (nSPS) is 17.2. The molecule has 0 aliphatic carbocycles. The van der Waals surface area contributed by atoms with Gasteiger partial charge in [0.05, 0.1) is 13.0 Å². The summed E-state index contributed by atoms with van der Waals surface area (Å²) in [6, 6.07) is 9.45. The fourth-order valence-corrected chi connectivity index (χ4v) is 3.01. The minimum absolute atomic E-state index is 0.348. The van der Waals surface area contributed by atoms with Gasteiger partial charge in [0.1, 0.15) is 23.2 Å². The molecule has 1 aliphatic rings. The van der Waals surface area contributed by atoms with E-state index < -0.39 is 5.97 Å². The van der Waals surface area contributed by atoms with Gasteiger partial charge in [-0.2, -0.15) is 0 Å². The zero-order valence-electron chi connectivity index (χ0n) is 14.4. The van der Waals surface area contributed by atoms with Gasteiger partial charge in [0, 0.05) is 30.9 Å². The first-order valence-corrected chi connectivity index (χ1v) is 8.29. The summed E-state index contributed by atoms with van der Waals surface area (Å²) >= 11 is 0. The summed E-state index contributed by atoms with van der Waals surface area (Å²) in [6.45, 7) is 3.11. The molecule has 25 heavy (non-hydrogen) atoms. The summed E-state index contributed by atoms with van der Waals surface area (Å²) < 4.78 is 5.23. The monoisotopic (exact) mass is 342 g/mol. The molecule has 0 bridgehead atoms. The smallest absolute Gasteiger partial charge is 0.308 e. The number of ether oxygens (including phenoxy) is 1. The highest BCUT2D eigenvalue weighted by atomic mass is 16.5. The van der Waals surface area contributed by atoms with E-state index in [2.05, 4.69) is 15.3 Å². The van der Waals surface area contributed by atoms with Crippen LogP contribution in [0.1, 0.15) is 18.7 Å². The molecule has 0 unspecified atom stereocenters. The topological polar surface area (TPSA) is 87.6 Å². The molecule has 1 fully saturated rings. The number of aryl methyl sites for hydroxylation is 1. The summed E-state index contributed by atoms with van der Waals surface area (Å²) in [5.74, 6) is 1.73. The number of benzene rings is 1. The van der Waals surface area contributed by atoms with Gasteiger partial charge in [-0.15, -0.1) is 0 Å². The van der Waals surface area contributed by atoms with Gasteiger partial charge in [0.25, 0.3) is 0 Å². The molecular weight excluding hydrogens is 320 g/mol. The van der Waals surface area contributed by atoms with Crippen LogP contribution in [0.3, 0.4) is 0 Å². The van der Waals surface area contributed by atoms with Crippen molar-refractivity contribution in [1.29, 1.82) is 0 Å². The Bertz CT molecular complexity index is 766. The van der Waals surface area contributed by atoms with Gasteiger partial charge in [0.2, 0.25) is 0 Å². The van der Waals surface area contributed by atoms with Gasteiger partial charge in [0.15, 0.2) is 0 Å². The van der Waals surface area contributed by atoms with Gasteiger partial charge in [-0.05, 0) is 31.9 Å². The molecule has 1 saturated heterocycles. The average Bonchev–Trinajstić information content (AvgIpc) is 2.61. The number of aliphatic carboxylic acids is 1. The zero-order valence-corrected chi connectivity index (χ0v) is 14.4. The number of methoxy groups -OCH3 is 1. The number of carboxylic acid groups (broad SMARTS) is 1. The number of nitrogens with one attached hydrogen (secondary N) is 1. The number of hydrogen-bond donors (Lipinski definition) is 2. The molecule has 1 aromatic carbocycles. The average molecular weight is 342 g/mol. The summed E-state index contributed by atoms with van der Waals surface area (Å²) in [5, 5.41) is 12.5. The van der Waals surface area contributed by atoms with Gasteiger partial charge < -0.3 is 20.1 Å². The highest BCUT2D eigenvalue weighted by molar-refractivity contribution is 5.71. The summed E-state index contributed by atoms with van der Waals surface area (Å²) in [6.07, 6.45) is 1.56. The number of anilines is 3. The number of rotatable bonds is 5. The molecule has 1 atom stereocenters. The predicted molar refractivity (Wildman–Crippen MR) is 95.6 cm³/mol. The first-order chi connectivity index (χ1) is 12.0. The Labute approximate surface area is 146 Å². The second-order valence-corrected chi connectivity index (χ2v) is 6.14. The van der Waals surface area contributed by atoms with Crippen LogP contribution in [0.15, 0.2) is 30.3 Å². The van der Waals surface area contributed by atoms with Crippen LogP contribution < -0.4 is 15.0 Å². The lowest BCUT2D eigenvalue weighted by molar-refractivity contribution is -0.141. The summed E-state index contributed by atoms with van der Waals surface area (Å²) in [5.41, 5.74) is 0.866. The number of carbonyl (C=O) groups is 1. The molecule has 0 amide bonds. The van der Waals surface area contributed by atoms with Crippen molar-refractivity contribution in [1.82, 2.24) is 9.97 Å². The number of aromatic nitrogens is 2. The van der Waals surface area contributed by atoms with Crippen molar-refractivity contribution >= 4 is 23.3 Å². The third-order valence-corrected chi connectivity index (χ3v) is 4.26. The Kier molecular flexibility index (Phi) is 5.02. The first kappa shape index (κ1) is 17.0. The van der Waals surface area contributed by atoms with Crippen LogP contribution in [-0.4, -0.2) is 41.2 Å². The standard InChI is InChI=1S/C18H22N4O3/c1-12-19-16(21-14-6-3-7-15(9-14)25-2)10-17(20-12)22-8-4-5-13(11-22)18(23)24/h3,6-7,9-10,13H,4-5,8,11H2,1-2H3,(H,23,24)(H,19,20,21)/t13-/m0/s1. The van der Waals surface area contributed by atoms with E-state index in [-0.39, 0.29) is 5.92 Å². The lowest BCUT2D eigenvalue weighted by Gasteiger charge is -2.31. The van der Waals surface area contributed by atoms with E-state index in [4.69, 9.17) is 4.74 Å². The molecular formula is C18H22N4O3. The maximum atomic E-state index is 11.3. The fourth-order valence-electron chi connectivity index (χ4n) is 3.01. The molecule has 0 spiro atoms. The fraction of sp³-hybridized carbons (Fsp3) is 0.389. The Morgan fingerprint density at radius 1 is 1.36 bits per heavy atom. The Hall–Kier alpha value is -2.83. The molecule has 2 N–H and O–H groups in total. The predicted octanol–water partition coefficient (Wildman–Crippen LogP) is 2.84. The highest BCUT2D eigenvalue weighted by Gasteiger charge is 2.26. The minimum Gasteiger partial charge on any atom is -0.497 e. The van der Waals surface area contributed by atoms with Crippen LogP contribution in [0.5, 0.6) is 5.75 Å². The largest absolute Gasteiger partial charge is 0.497 e. The number of piperidine rings is 1. The van der Waals surface area contributed by atoms with Crippen molar-refractivity contribution in [2.45, 2.75) is 19.8 Å². The Morgan fingerprint density at radius 2 is 2.20 bits per heavy atom. The van der Waals surface area contributed by atoms with Crippen LogP contribution in [0.2, 0.25) is 0 Å². The maximum Gasteiger partial charge on any atom is 0.308 e. The van der Waals surface area contributed by atoms with Crippen molar-refractivity contribution in [2.75, 3.05) is 30.4 Å². The molecule has 1 aliphatic heterocycles. The van der Waals surface area contributed by atoms with E-state index >= 15 is 0 Å². The molecule has 7 heteroatoms. The molecule has 3 rings (SSSR count). The van der Waals surface area contributed by atoms with Crippen molar-refractivity contribution in [3.8, 4) is 5.75 Å². The molecule has 2 heterocycles. The van der Waals surface area contributed by atoms with E-state index in [1.54, 1.807) is 7.11 Å². The van der Waals surface area contributed by atoms with Gasteiger partial charge in [-0.25, -0.2) is 9.97 Å². The molecule has 0 radical (unpaired) electrons. The molecule has 7 nitrogen and oxygen atoms in total. The van der Waals surface area contributed by atoms with Gasteiger partial charge in [-0.1, -0.05) is 6.07 Å². The molecule has 132 valence electrons. The Balaban J connectivity index is 1.81. The lowest BCUT2D eigenvalue weighted by atomic mass is 9.98. The zero-order chi connectivity index (χ0) is 17.8. The Morgan fingerprint density at radius 3 is 2.96 bits per heavy atom. The van der Waals surface area contributed by atoms with Crippen molar-refractivity contribution in [2.24, 2.45) is 5.92 Å². The molecule has 1 aromatic heterocycles. The van der Waals surface area contributed by atoms with Crippen LogP contribution in [-0.2, 0) is 4.79 Å². The first-order valence-electron chi connectivity index (χ1n) is 8.29. The second-order valence-electron chi connectivity index (χ2n) is 6.14.